The second-order valence-corrected chi connectivity index (χ2v) is 6.28. The average molecular weight is 406 g/mol. The lowest BCUT2D eigenvalue weighted by Crippen LogP contribution is -2.23. The van der Waals surface area contributed by atoms with Gasteiger partial charge in [-0.2, -0.15) is 0 Å². The molecule has 0 atom stereocenters. The van der Waals surface area contributed by atoms with E-state index < -0.39 is 0 Å². The number of rotatable bonds is 8. The summed E-state index contributed by atoms with van der Waals surface area (Å²) in [6, 6.07) is 12.6. The van der Waals surface area contributed by atoms with Crippen LogP contribution in [0.5, 0.6) is 11.5 Å². The molecule has 0 heterocycles. The van der Waals surface area contributed by atoms with Crippen molar-refractivity contribution in [2.75, 3.05) is 14.2 Å². The van der Waals surface area contributed by atoms with Crippen molar-refractivity contribution in [3.05, 3.63) is 58.1 Å². The van der Waals surface area contributed by atoms with Gasteiger partial charge in [0.25, 0.3) is 0 Å². The van der Waals surface area contributed by atoms with Gasteiger partial charge >= 0.3 is 0 Å². The molecule has 2 rings (SSSR count). The smallest absolute Gasteiger partial charge is 0.220 e. The molecule has 2 aromatic carbocycles. The van der Waals surface area contributed by atoms with Crippen molar-refractivity contribution in [3.63, 3.8) is 0 Å². The van der Waals surface area contributed by atoms with Gasteiger partial charge in [-0.25, -0.2) is 0 Å². The molecule has 6 heteroatoms. The Kier molecular flexibility index (Phi) is 7.01. The monoisotopic (exact) mass is 405 g/mol. The summed E-state index contributed by atoms with van der Waals surface area (Å²) in [5, 5.41) is 2.81. The second kappa shape index (κ2) is 9.22. The van der Waals surface area contributed by atoms with Crippen LogP contribution in [0.1, 0.15) is 28.8 Å². The summed E-state index contributed by atoms with van der Waals surface area (Å²) in [4.78, 5) is 24.1. The Labute approximate surface area is 155 Å². The zero-order valence-corrected chi connectivity index (χ0v) is 15.8. The molecule has 5 nitrogen and oxygen atoms in total. The third-order valence-corrected chi connectivity index (χ3v) is 4.23. The second-order valence-electron chi connectivity index (χ2n) is 5.36. The molecule has 0 aliphatic rings. The number of benzene rings is 2. The van der Waals surface area contributed by atoms with Gasteiger partial charge in [0.05, 0.1) is 14.2 Å². The van der Waals surface area contributed by atoms with E-state index in [1.165, 1.54) is 0 Å². The third-order valence-electron chi connectivity index (χ3n) is 3.71. The van der Waals surface area contributed by atoms with E-state index in [1.54, 1.807) is 32.4 Å². The molecule has 0 bridgehead atoms. The quantitative estimate of drug-likeness (QED) is 0.679. The van der Waals surface area contributed by atoms with Gasteiger partial charge < -0.3 is 14.8 Å². The van der Waals surface area contributed by atoms with Crippen molar-refractivity contribution in [2.45, 2.75) is 19.4 Å². The van der Waals surface area contributed by atoms with Gasteiger partial charge in [-0.3, -0.25) is 9.59 Å². The minimum Gasteiger partial charge on any atom is -0.493 e. The van der Waals surface area contributed by atoms with E-state index in [4.69, 9.17) is 9.47 Å². The summed E-state index contributed by atoms with van der Waals surface area (Å²) < 4.78 is 11.5. The zero-order valence-electron chi connectivity index (χ0n) is 14.2. The van der Waals surface area contributed by atoms with E-state index in [2.05, 4.69) is 21.2 Å². The van der Waals surface area contributed by atoms with Crippen LogP contribution in [0.2, 0.25) is 0 Å². The Balaban J connectivity index is 1.87. The molecular formula is C19H20BrNO4. The van der Waals surface area contributed by atoms with Crippen LogP contribution in [0.3, 0.4) is 0 Å². The van der Waals surface area contributed by atoms with E-state index in [9.17, 15) is 9.59 Å². The van der Waals surface area contributed by atoms with Gasteiger partial charge in [0, 0.05) is 35.0 Å². The number of ketones is 1. The van der Waals surface area contributed by atoms with Crippen LogP contribution in [0.15, 0.2) is 46.9 Å². The predicted octanol–water partition coefficient (Wildman–Crippen LogP) is 3.75. The number of amides is 1. The molecule has 0 aliphatic carbocycles. The summed E-state index contributed by atoms with van der Waals surface area (Å²) in [5.74, 6) is 0.966. The Morgan fingerprint density at radius 3 is 2.36 bits per heavy atom. The van der Waals surface area contributed by atoms with Crippen LogP contribution < -0.4 is 14.8 Å². The molecule has 0 radical (unpaired) electrons. The maximum Gasteiger partial charge on any atom is 0.220 e. The number of ether oxygens (including phenoxy) is 2. The lowest BCUT2D eigenvalue weighted by molar-refractivity contribution is -0.121. The normalized spacial score (nSPS) is 10.2. The van der Waals surface area contributed by atoms with Crippen LogP contribution in [0, 0.1) is 0 Å². The first-order valence-electron chi connectivity index (χ1n) is 7.80. The lowest BCUT2D eigenvalue weighted by Gasteiger charge is -2.13. The van der Waals surface area contributed by atoms with E-state index in [1.807, 2.05) is 24.3 Å². The van der Waals surface area contributed by atoms with Crippen molar-refractivity contribution in [1.82, 2.24) is 5.32 Å². The fourth-order valence-electron chi connectivity index (χ4n) is 2.38. The van der Waals surface area contributed by atoms with Crippen molar-refractivity contribution < 1.29 is 19.1 Å². The summed E-state index contributed by atoms with van der Waals surface area (Å²) in [5.41, 5.74) is 1.42. The first kappa shape index (κ1) is 19.0. The molecule has 1 amide bonds. The minimum absolute atomic E-state index is 0.0541. The summed E-state index contributed by atoms with van der Waals surface area (Å²) >= 11 is 3.33. The molecule has 0 fully saturated rings. The largest absolute Gasteiger partial charge is 0.493 e. The molecule has 25 heavy (non-hydrogen) atoms. The number of hydrogen-bond acceptors (Lipinski definition) is 4. The van der Waals surface area contributed by atoms with Crippen molar-refractivity contribution in [1.29, 1.82) is 0 Å². The minimum atomic E-state index is -0.185. The van der Waals surface area contributed by atoms with Gasteiger partial charge in [0.1, 0.15) is 0 Å². The summed E-state index contributed by atoms with van der Waals surface area (Å²) in [6.45, 7) is 0.311. The van der Waals surface area contributed by atoms with Gasteiger partial charge in [-0.1, -0.05) is 40.2 Å². The lowest BCUT2D eigenvalue weighted by atomic mass is 10.1. The molecule has 0 unspecified atom stereocenters. The molecule has 0 aliphatic heterocycles. The fourth-order valence-corrected chi connectivity index (χ4v) is 2.65. The third kappa shape index (κ3) is 5.32. The van der Waals surface area contributed by atoms with E-state index >= 15 is 0 Å². The molecular weight excluding hydrogens is 386 g/mol. The zero-order chi connectivity index (χ0) is 18.2. The molecule has 0 spiro atoms. The number of methoxy groups -OCH3 is 2. The number of carbonyl (C=O) groups excluding carboxylic acids is 2. The molecule has 1 N–H and O–H groups in total. The topological polar surface area (TPSA) is 64.6 Å². The average Bonchev–Trinajstić information content (AvgIpc) is 2.64. The number of hydrogen-bond donors (Lipinski definition) is 1. The maximum atomic E-state index is 12.1. The van der Waals surface area contributed by atoms with Crippen molar-refractivity contribution in [2.24, 2.45) is 0 Å². The number of nitrogens with one attached hydrogen (secondary N) is 1. The SMILES string of the molecule is COc1cccc(CNC(=O)CCC(=O)c2ccc(Br)cc2)c1OC. The molecule has 0 saturated carbocycles. The van der Waals surface area contributed by atoms with Crippen LogP contribution in [-0.4, -0.2) is 25.9 Å². The highest BCUT2D eigenvalue weighted by Gasteiger charge is 2.12. The van der Waals surface area contributed by atoms with Crippen LogP contribution in [-0.2, 0) is 11.3 Å². The van der Waals surface area contributed by atoms with Gasteiger partial charge in [0.2, 0.25) is 5.91 Å². The van der Waals surface area contributed by atoms with Gasteiger partial charge in [-0.05, 0) is 18.2 Å². The Morgan fingerprint density at radius 1 is 1.00 bits per heavy atom. The standard InChI is InChI=1S/C19H20BrNO4/c1-24-17-5-3-4-14(19(17)25-2)12-21-18(23)11-10-16(22)13-6-8-15(20)9-7-13/h3-9H,10-12H2,1-2H3,(H,21,23). The summed E-state index contributed by atoms with van der Waals surface area (Å²) in [6.07, 6.45) is 0.309. The van der Waals surface area contributed by atoms with Crippen molar-refractivity contribution >= 4 is 27.6 Å². The number of para-hydroxylation sites is 1. The van der Waals surface area contributed by atoms with Gasteiger partial charge in [0.15, 0.2) is 17.3 Å². The van der Waals surface area contributed by atoms with E-state index in [0.717, 1.165) is 10.0 Å². The molecule has 132 valence electrons. The molecule has 0 aromatic heterocycles. The van der Waals surface area contributed by atoms with Crippen LogP contribution >= 0.6 is 15.9 Å². The first-order chi connectivity index (χ1) is 12.0. The fraction of sp³-hybridized carbons (Fsp3) is 0.263. The highest BCUT2D eigenvalue weighted by Crippen LogP contribution is 2.30. The molecule has 0 saturated heterocycles. The Morgan fingerprint density at radius 2 is 1.72 bits per heavy atom. The van der Waals surface area contributed by atoms with Crippen LogP contribution in [0.4, 0.5) is 0 Å². The number of Topliss-reactive ketones (excluding diaryl/α,β-unsaturated/α-hetero) is 1. The van der Waals surface area contributed by atoms with Gasteiger partial charge in [-0.15, -0.1) is 0 Å². The van der Waals surface area contributed by atoms with Crippen molar-refractivity contribution in [3.8, 4) is 11.5 Å². The van der Waals surface area contributed by atoms with E-state index in [-0.39, 0.29) is 24.5 Å². The number of carbonyl (C=O) groups is 2. The Bertz CT molecular complexity index is 744. The number of halogens is 1. The first-order valence-corrected chi connectivity index (χ1v) is 8.59. The highest BCUT2D eigenvalue weighted by atomic mass is 79.9. The predicted molar refractivity (Wildman–Crippen MR) is 99.1 cm³/mol. The highest BCUT2D eigenvalue weighted by molar-refractivity contribution is 9.10. The van der Waals surface area contributed by atoms with Crippen LogP contribution in [0.25, 0.3) is 0 Å². The van der Waals surface area contributed by atoms with E-state index in [0.29, 0.717) is 23.6 Å². The summed E-state index contributed by atoms with van der Waals surface area (Å²) in [7, 11) is 3.12. The molecule has 2 aromatic rings. The Hall–Kier alpha value is -2.34. The maximum absolute atomic E-state index is 12.1.